The van der Waals surface area contributed by atoms with Gasteiger partial charge in [-0.05, 0) is 25.5 Å². The highest BCUT2D eigenvalue weighted by Crippen LogP contribution is 2.30. The van der Waals surface area contributed by atoms with E-state index in [9.17, 15) is 0 Å². The lowest BCUT2D eigenvalue weighted by molar-refractivity contribution is 0.793. The summed E-state index contributed by atoms with van der Waals surface area (Å²) >= 11 is 0. The second kappa shape index (κ2) is 5.04. The zero-order chi connectivity index (χ0) is 12.3. The average molecular weight is 229 g/mol. The summed E-state index contributed by atoms with van der Waals surface area (Å²) in [4.78, 5) is 6.43. The highest BCUT2D eigenvalue weighted by molar-refractivity contribution is 5.98. The minimum atomic E-state index is 0.861. The van der Waals surface area contributed by atoms with Gasteiger partial charge >= 0.3 is 0 Å². The van der Waals surface area contributed by atoms with E-state index in [0.29, 0.717) is 0 Å². The van der Waals surface area contributed by atoms with Gasteiger partial charge in [-0.2, -0.15) is 0 Å². The molecule has 0 aliphatic heterocycles. The molecular formula is C14H19N3. The summed E-state index contributed by atoms with van der Waals surface area (Å²) in [5.41, 5.74) is 8.25. The first-order chi connectivity index (χ1) is 8.27. The van der Waals surface area contributed by atoms with E-state index in [4.69, 9.17) is 5.73 Å². The molecule has 3 nitrogen and oxygen atoms in total. The molecule has 0 bridgehead atoms. The molecule has 0 spiro atoms. The van der Waals surface area contributed by atoms with Crippen molar-refractivity contribution in [1.82, 2.24) is 4.98 Å². The first-order valence-corrected chi connectivity index (χ1v) is 6.15. The predicted molar refractivity (Wildman–Crippen MR) is 74.3 cm³/mol. The van der Waals surface area contributed by atoms with E-state index in [0.717, 1.165) is 41.7 Å². The summed E-state index contributed by atoms with van der Waals surface area (Å²) in [7, 11) is 0. The van der Waals surface area contributed by atoms with Crippen LogP contribution in [0.2, 0.25) is 0 Å². The maximum atomic E-state index is 6.26. The van der Waals surface area contributed by atoms with E-state index in [1.807, 2.05) is 12.3 Å². The quantitative estimate of drug-likeness (QED) is 0.819. The van der Waals surface area contributed by atoms with Gasteiger partial charge in [-0.1, -0.05) is 13.0 Å². The molecule has 0 amide bonds. The van der Waals surface area contributed by atoms with Crippen LogP contribution < -0.4 is 10.6 Å². The van der Waals surface area contributed by atoms with E-state index >= 15 is 0 Å². The van der Waals surface area contributed by atoms with Crippen molar-refractivity contribution in [2.24, 2.45) is 0 Å². The Bertz CT molecular complexity index is 508. The summed E-state index contributed by atoms with van der Waals surface area (Å²) in [5, 5.41) is 2.19. The third kappa shape index (κ3) is 2.18. The third-order valence-electron chi connectivity index (χ3n) is 3.05. The number of hydrogen-bond acceptors (Lipinski definition) is 3. The molecule has 1 heterocycles. The average Bonchev–Trinajstić information content (AvgIpc) is 2.37. The summed E-state index contributed by atoms with van der Waals surface area (Å²) in [6, 6.07) is 6.17. The highest BCUT2D eigenvalue weighted by atomic mass is 15.1. The Kier molecular flexibility index (Phi) is 3.47. The SMILES string of the molecule is CCCN(CC)c1ccc2cnccc2c1N. The van der Waals surface area contributed by atoms with E-state index in [1.54, 1.807) is 6.20 Å². The van der Waals surface area contributed by atoms with Gasteiger partial charge in [0, 0.05) is 36.3 Å². The molecule has 0 unspecified atom stereocenters. The Morgan fingerprint density at radius 2 is 2.06 bits per heavy atom. The van der Waals surface area contributed by atoms with E-state index in [2.05, 4.69) is 35.9 Å². The maximum absolute atomic E-state index is 6.26. The monoisotopic (exact) mass is 229 g/mol. The van der Waals surface area contributed by atoms with Crippen LogP contribution in [0.25, 0.3) is 10.8 Å². The number of nitrogens with zero attached hydrogens (tertiary/aromatic N) is 2. The van der Waals surface area contributed by atoms with Crippen LogP contribution in [-0.2, 0) is 0 Å². The second-order valence-electron chi connectivity index (χ2n) is 4.17. The number of nitrogens with two attached hydrogens (primary N) is 1. The normalized spacial score (nSPS) is 10.7. The number of pyridine rings is 1. The molecule has 1 aromatic heterocycles. The lowest BCUT2D eigenvalue weighted by Gasteiger charge is -2.24. The van der Waals surface area contributed by atoms with Crippen molar-refractivity contribution in [3.8, 4) is 0 Å². The van der Waals surface area contributed by atoms with Crippen molar-refractivity contribution in [3.63, 3.8) is 0 Å². The van der Waals surface area contributed by atoms with Gasteiger partial charge in [-0.3, -0.25) is 4.98 Å². The maximum Gasteiger partial charge on any atom is 0.0632 e. The van der Waals surface area contributed by atoms with Crippen LogP contribution in [0.15, 0.2) is 30.6 Å². The number of hydrogen-bond donors (Lipinski definition) is 1. The molecule has 2 aromatic rings. The standard InChI is InChI=1S/C14H19N3/c1-3-9-17(4-2)13-6-5-11-10-16-8-7-12(11)14(13)15/h5-8,10H,3-4,9,15H2,1-2H3. The van der Waals surface area contributed by atoms with Crippen LogP contribution in [0.1, 0.15) is 20.3 Å². The zero-order valence-electron chi connectivity index (χ0n) is 10.5. The van der Waals surface area contributed by atoms with Crippen molar-refractivity contribution in [2.75, 3.05) is 23.7 Å². The fraction of sp³-hybridized carbons (Fsp3) is 0.357. The number of aromatic nitrogens is 1. The van der Waals surface area contributed by atoms with Gasteiger partial charge < -0.3 is 10.6 Å². The minimum absolute atomic E-state index is 0.861. The minimum Gasteiger partial charge on any atom is -0.397 e. The Morgan fingerprint density at radius 3 is 2.76 bits per heavy atom. The lowest BCUT2D eigenvalue weighted by Crippen LogP contribution is -2.24. The van der Waals surface area contributed by atoms with Crippen LogP contribution in [0.3, 0.4) is 0 Å². The highest BCUT2D eigenvalue weighted by Gasteiger charge is 2.09. The molecule has 2 N–H and O–H groups in total. The van der Waals surface area contributed by atoms with Crippen LogP contribution in [0, 0.1) is 0 Å². The summed E-state index contributed by atoms with van der Waals surface area (Å²) in [5.74, 6) is 0. The van der Waals surface area contributed by atoms with Gasteiger partial charge in [0.2, 0.25) is 0 Å². The van der Waals surface area contributed by atoms with E-state index in [-0.39, 0.29) is 0 Å². The molecule has 3 heteroatoms. The smallest absolute Gasteiger partial charge is 0.0632 e. The van der Waals surface area contributed by atoms with Crippen molar-refractivity contribution >= 4 is 22.1 Å². The molecule has 17 heavy (non-hydrogen) atoms. The number of fused-ring (bicyclic) bond motifs is 1. The van der Waals surface area contributed by atoms with Gasteiger partial charge in [-0.25, -0.2) is 0 Å². The van der Waals surface area contributed by atoms with Gasteiger partial charge in [0.25, 0.3) is 0 Å². The van der Waals surface area contributed by atoms with Crippen molar-refractivity contribution in [1.29, 1.82) is 0 Å². The van der Waals surface area contributed by atoms with Gasteiger partial charge in [-0.15, -0.1) is 0 Å². The fourth-order valence-electron chi connectivity index (χ4n) is 2.18. The molecule has 90 valence electrons. The summed E-state index contributed by atoms with van der Waals surface area (Å²) < 4.78 is 0. The Labute approximate surface area is 102 Å². The zero-order valence-corrected chi connectivity index (χ0v) is 10.5. The van der Waals surface area contributed by atoms with E-state index < -0.39 is 0 Å². The largest absolute Gasteiger partial charge is 0.397 e. The predicted octanol–water partition coefficient (Wildman–Crippen LogP) is 3.05. The molecule has 0 fully saturated rings. The number of rotatable bonds is 4. The van der Waals surface area contributed by atoms with Crippen molar-refractivity contribution < 1.29 is 0 Å². The Hall–Kier alpha value is -1.77. The van der Waals surface area contributed by atoms with Gasteiger partial charge in [0.1, 0.15) is 0 Å². The second-order valence-corrected chi connectivity index (χ2v) is 4.17. The topological polar surface area (TPSA) is 42.2 Å². The molecule has 1 aromatic carbocycles. The van der Waals surface area contributed by atoms with Crippen LogP contribution >= 0.6 is 0 Å². The summed E-state index contributed by atoms with van der Waals surface area (Å²) in [6.07, 6.45) is 4.77. The van der Waals surface area contributed by atoms with Crippen LogP contribution in [0.5, 0.6) is 0 Å². The van der Waals surface area contributed by atoms with Crippen molar-refractivity contribution in [2.45, 2.75) is 20.3 Å². The first kappa shape index (κ1) is 11.7. The van der Waals surface area contributed by atoms with Crippen molar-refractivity contribution in [3.05, 3.63) is 30.6 Å². The molecule has 2 rings (SSSR count). The van der Waals surface area contributed by atoms with E-state index in [1.165, 1.54) is 0 Å². The summed E-state index contributed by atoms with van der Waals surface area (Å²) in [6.45, 7) is 6.36. The molecule has 0 saturated carbocycles. The molecule has 0 radical (unpaired) electrons. The number of nitrogen functional groups attached to an aromatic ring is 1. The Balaban J connectivity index is 2.51. The molecule has 0 saturated heterocycles. The number of benzene rings is 1. The van der Waals surface area contributed by atoms with Gasteiger partial charge in [0.15, 0.2) is 0 Å². The third-order valence-corrected chi connectivity index (χ3v) is 3.05. The van der Waals surface area contributed by atoms with Crippen LogP contribution in [0.4, 0.5) is 11.4 Å². The molecule has 0 aliphatic rings. The molecular weight excluding hydrogens is 210 g/mol. The lowest BCUT2D eigenvalue weighted by atomic mass is 10.1. The van der Waals surface area contributed by atoms with Gasteiger partial charge in [0.05, 0.1) is 11.4 Å². The number of anilines is 2. The molecule has 0 atom stereocenters. The van der Waals surface area contributed by atoms with Crippen LogP contribution in [-0.4, -0.2) is 18.1 Å². The Morgan fingerprint density at radius 1 is 1.24 bits per heavy atom. The fourth-order valence-corrected chi connectivity index (χ4v) is 2.18. The first-order valence-electron chi connectivity index (χ1n) is 6.15. The molecule has 0 aliphatic carbocycles.